The van der Waals surface area contributed by atoms with Gasteiger partial charge in [0.25, 0.3) is 5.79 Å². The molecule has 7 heteroatoms. The minimum Gasteiger partial charge on any atom is -0.419 e. The normalized spacial score (nSPS) is 17.5. The lowest BCUT2D eigenvalue weighted by atomic mass is 10.2. The van der Waals surface area contributed by atoms with Crippen LogP contribution in [-0.4, -0.2) is 17.7 Å². The summed E-state index contributed by atoms with van der Waals surface area (Å²) in [6.45, 7) is 2.98. The zero-order valence-electron chi connectivity index (χ0n) is 10.6. The van der Waals surface area contributed by atoms with Gasteiger partial charge in [-0.15, -0.1) is 0 Å². The van der Waals surface area contributed by atoms with Crippen LogP contribution in [0.3, 0.4) is 0 Å². The summed E-state index contributed by atoms with van der Waals surface area (Å²) in [5, 5.41) is 2.20. The summed E-state index contributed by atoms with van der Waals surface area (Å²) >= 11 is 12.8. The van der Waals surface area contributed by atoms with Crippen LogP contribution in [0.15, 0.2) is 34.1 Å². The van der Waals surface area contributed by atoms with Crippen LogP contribution in [0.5, 0.6) is 0 Å². The molecule has 1 fully saturated rings. The highest BCUT2D eigenvalue weighted by Gasteiger charge is 2.38. The third-order valence-corrected chi connectivity index (χ3v) is 3.94. The highest BCUT2D eigenvalue weighted by molar-refractivity contribution is 8.02. The molecule has 0 atom stereocenters. The Bertz CT molecular complexity index is 588. The average Bonchev–Trinajstić information content (AvgIpc) is 2.31. The first-order valence-electron chi connectivity index (χ1n) is 5.57. The number of cyclic esters (lactones) is 2. The zero-order chi connectivity index (χ0) is 14.9. The van der Waals surface area contributed by atoms with Gasteiger partial charge in [0, 0.05) is 18.7 Å². The minimum atomic E-state index is -1.24. The average molecular weight is 333 g/mol. The molecule has 0 aliphatic carbocycles. The van der Waals surface area contributed by atoms with Gasteiger partial charge in [-0.3, -0.25) is 0 Å². The van der Waals surface area contributed by atoms with E-state index in [2.05, 4.69) is 0 Å². The number of hydrogen-bond acceptors (Lipinski definition) is 5. The van der Waals surface area contributed by atoms with Gasteiger partial charge in [-0.05, 0) is 23.6 Å². The topological polar surface area (TPSA) is 52.6 Å². The van der Waals surface area contributed by atoms with E-state index in [0.717, 1.165) is 16.7 Å². The standard InChI is InChI=1S/C13H10Cl2O4S/c1-13(2)18-11(16)8(12(17)19-13)6-20-7-3-4-9(14)10(15)5-7/h3-6H,1-2H3. The number of hydrogen-bond donors (Lipinski definition) is 0. The molecule has 1 aliphatic rings. The number of carbonyl (C=O) groups is 2. The second kappa shape index (κ2) is 5.68. The van der Waals surface area contributed by atoms with Crippen LogP contribution in [0, 0.1) is 0 Å². The summed E-state index contributed by atoms with van der Waals surface area (Å²) in [6.07, 6.45) is 0. The number of halogens is 2. The van der Waals surface area contributed by atoms with Gasteiger partial charge in [0.2, 0.25) is 0 Å². The first kappa shape index (κ1) is 15.2. The summed E-state index contributed by atoms with van der Waals surface area (Å²) in [7, 11) is 0. The number of benzene rings is 1. The van der Waals surface area contributed by atoms with Crippen molar-refractivity contribution in [3.63, 3.8) is 0 Å². The lowest BCUT2D eigenvalue weighted by Gasteiger charge is -2.29. The second-order valence-electron chi connectivity index (χ2n) is 4.40. The monoisotopic (exact) mass is 332 g/mol. The summed E-state index contributed by atoms with van der Waals surface area (Å²) < 4.78 is 9.95. The third-order valence-electron chi connectivity index (χ3n) is 2.32. The first-order chi connectivity index (χ1) is 9.28. The van der Waals surface area contributed by atoms with Gasteiger partial charge in [-0.2, -0.15) is 0 Å². The highest BCUT2D eigenvalue weighted by atomic mass is 35.5. The van der Waals surface area contributed by atoms with Crippen molar-refractivity contribution in [1.82, 2.24) is 0 Å². The van der Waals surface area contributed by atoms with Crippen molar-refractivity contribution in [3.8, 4) is 0 Å². The Morgan fingerprint density at radius 3 is 2.25 bits per heavy atom. The van der Waals surface area contributed by atoms with Crippen LogP contribution in [0.25, 0.3) is 0 Å². The molecule has 1 aliphatic heterocycles. The fourth-order valence-electron chi connectivity index (χ4n) is 1.43. The summed E-state index contributed by atoms with van der Waals surface area (Å²) in [4.78, 5) is 24.2. The van der Waals surface area contributed by atoms with E-state index in [1.54, 1.807) is 18.2 Å². The molecular weight excluding hydrogens is 323 g/mol. The van der Waals surface area contributed by atoms with E-state index in [4.69, 9.17) is 32.7 Å². The van der Waals surface area contributed by atoms with Crippen molar-refractivity contribution in [2.45, 2.75) is 24.5 Å². The highest BCUT2D eigenvalue weighted by Crippen LogP contribution is 2.31. The van der Waals surface area contributed by atoms with E-state index in [1.807, 2.05) is 0 Å². The summed E-state index contributed by atoms with van der Waals surface area (Å²) in [6, 6.07) is 4.99. The molecule has 0 aromatic heterocycles. The van der Waals surface area contributed by atoms with Crippen LogP contribution in [-0.2, 0) is 19.1 Å². The predicted molar refractivity (Wildman–Crippen MR) is 76.7 cm³/mol. The van der Waals surface area contributed by atoms with Gasteiger partial charge in [0.1, 0.15) is 0 Å². The van der Waals surface area contributed by atoms with E-state index < -0.39 is 17.7 Å². The molecule has 0 spiro atoms. The van der Waals surface area contributed by atoms with Crippen molar-refractivity contribution in [2.75, 3.05) is 0 Å². The lowest BCUT2D eigenvalue weighted by molar-refractivity contribution is -0.222. The molecule has 0 saturated carbocycles. The summed E-state index contributed by atoms with van der Waals surface area (Å²) in [5.74, 6) is -2.66. The smallest absolute Gasteiger partial charge is 0.349 e. The van der Waals surface area contributed by atoms with Gasteiger partial charge in [-0.25, -0.2) is 9.59 Å². The van der Waals surface area contributed by atoms with Crippen LogP contribution < -0.4 is 0 Å². The maximum atomic E-state index is 11.7. The largest absolute Gasteiger partial charge is 0.419 e. The third kappa shape index (κ3) is 3.48. The molecule has 0 N–H and O–H groups in total. The molecule has 1 heterocycles. The number of esters is 2. The lowest BCUT2D eigenvalue weighted by Crippen LogP contribution is -2.41. The molecule has 1 saturated heterocycles. The van der Waals surface area contributed by atoms with E-state index in [9.17, 15) is 9.59 Å². The predicted octanol–water partition coefficient (Wildman–Crippen LogP) is 3.81. The molecule has 106 valence electrons. The number of carbonyl (C=O) groups excluding carboxylic acids is 2. The molecule has 0 radical (unpaired) electrons. The second-order valence-corrected chi connectivity index (χ2v) is 6.16. The Morgan fingerprint density at radius 2 is 1.70 bits per heavy atom. The van der Waals surface area contributed by atoms with Gasteiger partial charge in [0.05, 0.1) is 10.0 Å². The first-order valence-corrected chi connectivity index (χ1v) is 7.20. The van der Waals surface area contributed by atoms with Gasteiger partial charge < -0.3 is 9.47 Å². The maximum absolute atomic E-state index is 11.7. The van der Waals surface area contributed by atoms with Crippen molar-refractivity contribution < 1.29 is 19.1 Å². The molecule has 0 amide bonds. The molecule has 0 unspecified atom stereocenters. The molecule has 20 heavy (non-hydrogen) atoms. The molecule has 1 aromatic carbocycles. The zero-order valence-corrected chi connectivity index (χ0v) is 12.9. The molecule has 2 rings (SSSR count). The Hall–Kier alpha value is -1.17. The fourth-order valence-corrected chi connectivity index (χ4v) is 2.58. The van der Waals surface area contributed by atoms with E-state index in [-0.39, 0.29) is 5.57 Å². The van der Waals surface area contributed by atoms with Crippen molar-refractivity contribution in [2.24, 2.45) is 0 Å². The van der Waals surface area contributed by atoms with Gasteiger partial charge >= 0.3 is 11.9 Å². The van der Waals surface area contributed by atoms with Crippen molar-refractivity contribution in [3.05, 3.63) is 39.2 Å². The summed E-state index contributed by atoms with van der Waals surface area (Å²) in [5.41, 5.74) is -0.152. The Balaban J connectivity index is 2.17. The van der Waals surface area contributed by atoms with Crippen LogP contribution >= 0.6 is 35.0 Å². The Kier molecular flexibility index (Phi) is 4.32. The Labute approximate surface area is 130 Å². The van der Waals surface area contributed by atoms with Crippen molar-refractivity contribution in [1.29, 1.82) is 0 Å². The van der Waals surface area contributed by atoms with Crippen molar-refractivity contribution >= 4 is 46.9 Å². The van der Waals surface area contributed by atoms with Crippen LogP contribution in [0.4, 0.5) is 0 Å². The van der Waals surface area contributed by atoms with Gasteiger partial charge in [0.15, 0.2) is 5.57 Å². The van der Waals surface area contributed by atoms with E-state index in [0.29, 0.717) is 10.0 Å². The number of rotatable bonds is 2. The number of thioether (sulfide) groups is 1. The van der Waals surface area contributed by atoms with Crippen LogP contribution in [0.1, 0.15) is 13.8 Å². The minimum absolute atomic E-state index is 0.152. The SMILES string of the molecule is CC1(C)OC(=O)C(=CSc2ccc(Cl)c(Cl)c2)C(=O)O1. The quantitative estimate of drug-likeness (QED) is 0.357. The van der Waals surface area contributed by atoms with Gasteiger partial charge in [-0.1, -0.05) is 35.0 Å². The molecule has 0 bridgehead atoms. The fraction of sp³-hybridized carbons (Fsp3) is 0.231. The number of ether oxygens (including phenoxy) is 2. The molecule has 4 nitrogen and oxygen atoms in total. The Morgan fingerprint density at radius 1 is 1.10 bits per heavy atom. The molecule has 1 aromatic rings. The van der Waals surface area contributed by atoms with Crippen LogP contribution in [0.2, 0.25) is 10.0 Å². The van der Waals surface area contributed by atoms with E-state index >= 15 is 0 Å². The molecular formula is C13H10Cl2O4S. The van der Waals surface area contributed by atoms with E-state index in [1.165, 1.54) is 19.3 Å². The maximum Gasteiger partial charge on any atom is 0.349 e.